The first kappa shape index (κ1) is 31.2. The molecule has 3 nitrogen and oxygen atoms in total. The Labute approximate surface area is 275 Å². The molecule has 0 unspecified atom stereocenters. The van der Waals surface area contributed by atoms with Crippen molar-refractivity contribution >= 4 is 0 Å². The molecule has 0 aliphatic carbocycles. The quantitative estimate of drug-likeness (QED) is 0.182. The lowest BCUT2D eigenvalue weighted by Gasteiger charge is -2.23. The highest BCUT2D eigenvalue weighted by Gasteiger charge is 2.24. The average Bonchev–Trinajstić information content (AvgIpc) is 3.45. The van der Waals surface area contributed by atoms with Gasteiger partial charge in [0.15, 0.2) is 11.6 Å². The van der Waals surface area contributed by atoms with Crippen LogP contribution < -0.4 is 0 Å². The maximum Gasteiger partial charge on any atom is 0.182 e. The molecule has 5 aromatic carbocycles. The smallest absolute Gasteiger partial charge is 0.182 e. The molecule has 1 heterocycles. The third-order valence-electron chi connectivity index (χ3n) is 8.91. The van der Waals surface area contributed by atoms with Crippen molar-refractivity contribution in [3.8, 4) is 50.7 Å². The number of benzene rings is 5. The summed E-state index contributed by atoms with van der Waals surface area (Å²) in [5.74, 6) is 2.16. The molecule has 6 rings (SSSR count). The van der Waals surface area contributed by atoms with Crippen LogP contribution in [0.4, 0.5) is 0 Å². The minimum absolute atomic E-state index is 0.280. The standard InChI is InChI=1S/C43H45N3/c1-26(2)38-24-36(33-14-11-10-12-15-33)25-39(27(3)4)41(38)46-43(44-42(45-46)37-21-28(5)18-29(6)22-37)35-17-13-16-34(23-35)40-31(8)19-30(7)20-32(40)9/h10-27H,1-9H3. The molecule has 1 aromatic heterocycles. The van der Waals surface area contributed by atoms with E-state index >= 15 is 0 Å². The lowest BCUT2D eigenvalue weighted by molar-refractivity contribution is 0.774. The summed E-state index contributed by atoms with van der Waals surface area (Å²) in [6, 6.07) is 35.4. The average molecular weight is 604 g/mol. The maximum atomic E-state index is 5.35. The molecule has 0 amide bonds. The van der Waals surface area contributed by atoms with Crippen LogP contribution in [0, 0.1) is 34.6 Å². The van der Waals surface area contributed by atoms with Gasteiger partial charge in [0.05, 0.1) is 5.69 Å². The molecule has 0 N–H and O–H groups in total. The maximum absolute atomic E-state index is 5.35. The molecule has 0 atom stereocenters. The van der Waals surface area contributed by atoms with Crippen molar-refractivity contribution in [1.82, 2.24) is 14.8 Å². The minimum atomic E-state index is 0.280. The molecular formula is C43H45N3. The third kappa shape index (κ3) is 6.07. The van der Waals surface area contributed by atoms with Gasteiger partial charge in [0.1, 0.15) is 0 Å². The molecule has 6 aromatic rings. The van der Waals surface area contributed by atoms with Crippen molar-refractivity contribution in [1.29, 1.82) is 0 Å². The summed E-state index contributed by atoms with van der Waals surface area (Å²) in [5.41, 5.74) is 17.0. The zero-order valence-corrected chi connectivity index (χ0v) is 28.7. The summed E-state index contributed by atoms with van der Waals surface area (Å²) < 4.78 is 2.14. The molecule has 0 saturated heterocycles. The molecule has 0 aliphatic heterocycles. The number of aryl methyl sites for hydroxylation is 5. The van der Waals surface area contributed by atoms with E-state index in [1.807, 2.05) is 0 Å². The molecule has 0 spiro atoms. The molecule has 0 radical (unpaired) electrons. The fraction of sp³-hybridized carbons (Fsp3) is 0.256. The Balaban J connectivity index is 1.65. The van der Waals surface area contributed by atoms with E-state index in [0.717, 1.165) is 28.5 Å². The zero-order chi connectivity index (χ0) is 32.7. The number of hydrogen-bond donors (Lipinski definition) is 0. The van der Waals surface area contributed by atoms with Crippen LogP contribution >= 0.6 is 0 Å². The van der Waals surface area contributed by atoms with Gasteiger partial charge in [0.2, 0.25) is 0 Å². The summed E-state index contributed by atoms with van der Waals surface area (Å²) in [7, 11) is 0. The monoisotopic (exact) mass is 603 g/mol. The first-order valence-corrected chi connectivity index (χ1v) is 16.5. The van der Waals surface area contributed by atoms with E-state index in [2.05, 4.69) is 164 Å². The predicted octanol–water partition coefficient (Wildman–Crippen LogP) is 11.7. The van der Waals surface area contributed by atoms with Crippen molar-refractivity contribution in [3.05, 3.63) is 136 Å². The van der Waals surface area contributed by atoms with E-state index in [-0.39, 0.29) is 11.8 Å². The molecule has 0 saturated carbocycles. The van der Waals surface area contributed by atoms with Gasteiger partial charge in [-0.15, -0.1) is 5.10 Å². The molecule has 232 valence electrons. The Morgan fingerprint density at radius 3 is 1.63 bits per heavy atom. The highest BCUT2D eigenvalue weighted by Crippen LogP contribution is 2.39. The summed E-state index contributed by atoms with van der Waals surface area (Å²) in [6.07, 6.45) is 0. The van der Waals surface area contributed by atoms with E-state index in [1.54, 1.807) is 0 Å². The van der Waals surface area contributed by atoms with Crippen molar-refractivity contribution in [2.24, 2.45) is 0 Å². The largest absolute Gasteiger partial charge is 0.212 e. The van der Waals surface area contributed by atoms with Crippen LogP contribution in [-0.2, 0) is 0 Å². The molecule has 46 heavy (non-hydrogen) atoms. The van der Waals surface area contributed by atoms with Crippen LogP contribution in [0.15, 0.2) is 97.1 Å². The fourth-order valence-electron chi connectivity index (χ4n) is 6.93. The Bertz CT molecular complexity index is 1970. The summed E-state index contributed by atoms with van der Waals surface area (Å²) in [5, 5.41) is 5.35. The number of rotatable bonds is 7. The third-order valence-corrected chi connectivity index (χ3v) is 8.91. The zero-order valence-electron chi connectivity index (χ0n) is 28.7. The van der Waals surface area contributed by atoms with Crippen LogP contribution in [0.25, 0.3) is 50.7 Å². The summed E-state index contributed by atoms with van der Waals surface area (Å²) in [6.45, 7) is 20.0. The fourth-order valence-corrected chi connectivity index (χ4v) is 6.93. The Hall–Kier alpha value is -4.76. The second-order valence-electron chi connectivity index (χ2n) is 13.6. The van der Waals surface area contributed by atoms with Crippen LogP contribution in [0.1, 0.15) is 78.5 Å². The van der Waals surface area contributed by atoms with Crippen molar-refractivity contribution in [2.75, 3.05) is 0 Å². The van der Waals surface area contributed by atoms with Crippen LogP contribution in [0.3, 0.4) is 0 Å². The molecule has 0 fully saturated rings. The molecule has 3 heteroatoms. The first-order valence-electron chi connectivity index (χ1n) is 16.5. The highest BCUT2D eigenvalue weighted by molar-refractivity contribution is 5.77. The van der Waals surface area contributed by atoms with Gasteiger partial charge < -0.3 is 0 Å². The predicted molar refractivity (Wildman–Crippen MR) is 195 cm³/mol. The van der Waals surface area contributed by atoms with Crippen LogP contribution in [0.5, 0.6) is 0 Å². The van der Waals surface area contributed by atoms with Gasteiger partial charge in [-0.3, -0.25) is 0 Å². The Morgan fingerprint density at radius 2 is 1.04 bits per heavy atom. The second kappa shape index (κ2) is 12.6. The normalized spacial score (nSPS) is 11.5. The molecule has 0 bridgehead atoms. The van der Waals surface area contributed by atoms with Gasteiger partial charge >= 0.3 is 0 Å². The second-order valence-corrected chi connectivity index (χ2v) is 13.6. The molecule has 0 aliphatic rings. The highest BCUT2D eigenvalue weighted by atomic mass is 15.4. The van der Waals surface area contributed by atoms with E-state index in [0.29, 0.717) is 0 Å². The van der Waals surface area contributed by atoms with E-state index in [9.17, 15) is 0 Å². The topological polar surface area (TPSA) is 30.7 Å². The number of nitrogens with zero attached hydrogens (tertiary/aromatic N) is 3. The SMILES string of the molecule is Cc1cc(C)cc(-c2nc(-c3cccc(-c4c(C)cc(C)cc4C)c3)n(-c3c(C(C)C)cc(-c4ccccc4)cc3C(C)C)n2)c1. The first-order chi connectivity index (χ1) is 22.0. The van der Waals surface area contributed by atoms with Gasteiger partial charge in [-0.1, -0.05) is 111 Å². The van der Waals surface area contributed by atoms with Crippen LogP contribution in [0.2, 0.25) is 0 Å². The van der Waals surface area contributed by atoms with Gasteiger partial charge in [0.25, 0.3) is 0 Å². The van der Waals surface area contributed by atoms with E-state index < -0.39 is 0 Å². The van der Waals surface area contributed by atoms with Gasteiger partial charge in [-0.2, -0.15) is 0 Å². The van der Waals surface area contributed by atoms with Gasteiger partial charge in [-0.25, -0.2) is 9.67 Å². The van der Waals surface area contributed by atoms with E-state index in [4.69, 9.17) is 10.1 Å². The van der Waals surface area contributed by atoms with Gasteiger partial charge in [-0.05, 0) is 121 Å². The summed E-state index contributed by atoms with van der Waals surface area (Å²) >= 11 is 0. The van der Waals surface area contributed by atoms with Crippen molar-refractivity contribution < 1.29 is 0 Å². The minimum Gasteiger partial charge on any atom is -0.212 e. The molecular weight excluding hydrogens is 558 g/mol. The summed E-state index contributed by atoms with van der Waals surface area (Å²) in [4.78, 5) is 5.34. The Morgan fingerprint density at radius 1 is 0.500 bits per heavy atom. The van der Waals surface area contributed by atoms with Crippen molar-refractivity contribution in [3.63, 3.8) is 0 Å². The van der Waals surface area contributed by atoms with Gasteiger partial charge in [0, 0.05) is 11.1 Å². The number of aromatic nitrogens is 3. The van der Waals surface area contributed by atoms with E-state index in [1.165, 1.54) is 61.2 Å². The lowest BCUT2D eigenvalue weighted by atomic mass is 9.88. The lowest BCUT2D eigenvalue weighted by Crippen LogP contribution is -2.10. The number of hydrogen-bond acceptors (Lipinski definition) is 2. The van der Waals surface area contributed by atoms with Crippen LogP contribution in [-0.4, -0.2) is 14.8 Å². The van der Waals surface area contributed by atoms with Crippen molar-refractivity contribution in [2.45, 2.75) is 74.1 Å². The Kier molecular flexibility index (Phi) is 8.53.